The summed E-state index contributed by atoms with van der Waals surface area (Å²) in [7, 11) is -3.89. The number of halogens is 1. The molecule has 2 aromatic carbocycles. The van der Waals surface area contributed by atoms with Gasteiger partial charge in [0.05, 0.1) is 12.2 Å². The Morgan fingerprint density at radius 3 is 2.21 bits per heavy atom. The fourth-order valence-electron chi connectivity index (χ4n) is 3.42. The third kappa shape index (κ3) is 4.09. The molecule has 1 aliphatic rings. The van der Waals surface area contributed by atoms with Crippen molar-refractivity contribution in [2.75, 3.05) is 13.1 Å². The lowest BCUT2D eigenvalue weighted by Gasteiger charge is -2.33. The molecule has 8 heteroatoms. The molecule has 29 heavy (non-hydrogen) atoms. The molecule has 152 valence electrons. The lowest BCUT2D eigenvalue weighted by atomic mass is 10.2. The molecule has 1 aliphatic heterocycles. The van der Waals surface area contributed by atoms with E-state index in [1.165, 1.54) is 4.31 Å². The molecule has 4 rings (SSSR count). The minimum atomic E-state index is -3.89. The van der Waals surface area contributed by atoms with Gasteiger partial charge in [-0.1, -0.05) is 29.8 Å². The maximum Gasteiger partial charge on any atom is 0.264 e. The topological polar surface area (TPSA) is 72.6 Å². The van der Waals surface area contributed by atoms with Crippen LogP contribution in [0.4, 0.5) is 0 Å². The molecule has 0 amide bonds. The first-order chi connectivity index (χ1) is 13.8. The van der Waals surface area contributed by atoms with Crippen LogP contribution in [-0.4, -0.2) is 43.0 Å². The van der Waals surface area contributed by atoms with E-state index in [1.54, 1.807) is 24.3 Å². The SMILES string of the molecule is C[C@H]1CN(S(=O)(=O)c2nc(-c3ccccc3)oc2-c2ccc(Cl)cc2)C[C@H](C)O1. The van der Waals surface area contributed by atoms with Crippen LogP contribution < -0.4 is 0 Å². The van der Waals surface area contributed by atoms with Crippen molar-refractivity contribution in [3.8, 4) is 22.8 Å². The Morgan fingerprint density at radius 1 is 0.966 bits per heavy atom. The molecule has 0 saturated carbocycles. The number of morpholine rings is 1. The number of nitrogens with zero attached hydrogens (tertiary/aromatic N) is 2. The summed E-state index contributed by atoms with van der Waals surface area (Å²) in [6.45, 7) is 4.24. The number of hydrogen-bond acceptors (Lipinski definition) is 5. The van der Waals surface area contributed by atoms with Crippen molar-refractivity contribution in [2.45, 2.75) is 31.1 Å². The van der Waals surface area contributed by atoms with Crippen LogP contribution >= 0.6 is 11.6 Å². The van der Waals surface area contributed by atoms with Gasteiger partial charge < -0.3 is 9.15 Å². The molecule has 0 radical (unpaired) electrons. The van der Waals surface area contributed by atoms with Gasteiger partial charge in [-0.25, -0.2) is 8.42 Å². The van der Waals surface area contributed by atoms with Crippen molar-refractivity contribution < 1.29 is 17.6 Å². The van der Waals surface area contributed by atoms with Crippen molar-refractivity contribution in [3.63, 3.8) is 0 Å². The molecule has 0 unspecified atom stereocenters. The second-order valence-electron chi connectivity index (χ2n) is 7.11. The molecule has 0 bridgehead atoms. The maximum absolute atomic E-state index is 13.5. The van der Waals surface area contributed by atoms with Gasteiger partial charge in [0.1, 0.15) is 0 Å². The number of ether oxygens (including phenoxy) is 1. The summed E-state index contributed by atoms with van der Waals surface area (Å²) in [5, 5.41) is 0.455. The highest BCUT2D eigenvalue weighted by Gasteiger charge is 2.37. The average Bonchev–Trinajstić information content (AvgIpc) is 3.15. The molecular weight excluding hydrogens is 412 g/mol. The Morgan fingerprint density at radius 2 is 1.59 bits per heavy atom. The quantitative estimate of drug-likeness (QED) is 0.608. The molecule has 6 nitrogen and oxygen atoms in total. The monoisotopic (exact) mass is 432 g/mol. The van der Waals surface area contributed by atoms with Crippen molar-refractivity contribution in [3.05, 3.63) is 59.6 Å². The number of sulfonamides is 1. The van der Waals surface area contributed by atoms with Crippen LogP contribution in [0.5, 0.6) is 0 Å². The van der Waals surface area contributed by atoms with Gasteiger partial charge in [-0.3, -0.25) is 0 Å². The zero-order chi connectivity index (χ0) is 20.6. The highest BCUT2D eigenvalue weighted by molar-refractivity contribution is 7.89. The van der Waals surface area contributed by atoms with Crippen LogP contribution in [0, 0.1) is 0 Å². The molecule has 2 atom stereocenters. The number of rotatable bonds is 4. The third-order valence-electron chi connectivity index (χ3n) is 4.69. The Balaban J connectivity index is 1.84. The first-order valence-electron chi connectivity index (χ1n) is 9.32. The summed E-state index contributed by atoms with van der Waals surface area (Å²) in [6.07, 6.45) is -0.402. The van der Waals surface area contributed by atoms with E-state index in [4.69, 9.17) is 20.8 Å². The van der Waals surface area contributed by atoms with E-state index < -0.39 is 10.0 Å². The third-order valence-corrected chi connectivity index (χ3v) is 6.69. The lowest BCUT2D eigenvalue weighted by Crippen LogP contribution is -2.48. The molecule has 0 aliphatic carbocycles. The molecule has 3 aromatic rings. The van der Waals surface area contributed by atoms with Crippen LogP contribution in [0.25, 0.3) is 22.8 Å². The van der Waals surface area contributed by atoms with E-state index in [0.717, 1.165) is 0 Å². The van der Waals surface area contributed by atoms with Crippen molar-refractivity contribution >= 4 is 21.6 Å². The average molecular weight is 433 g/mol. The second-order valence-corrected chi connectivity index (χ2v) is 9.40. The normalized spacial score (nSPS) is 20.7. The summed E-state index contributed by atoms with van der Waals surface area (Å²) in [5.74, 6) is 0.454. The smallest absolute Gasteiger partial charge is 0.264 e. The maximum atomic E-state index is 13.5. The van der Waals surface area contributed by atoms with Gasteiger partial charge in [-0.2, -0.15) is 9.29 Å². The number of oxazole rings is 1. The zero-order valence-electron chi connectivity index (χ0n) is 16.1. The van der Waals surface area contributed by atoms with Gasteiger partial charge in [0, 0.05) is 29.2 Å². The minimum absolute atomic E-state index is 0.0972. The standard InChI is InChI=1S/C21H21ClN2O4S/c1-14-12-24(13-15(2)27-14)29(25,26)21-19(16-8-10-18(22)11-9-16)28-20(23-21)17-6-4-3-5-7-17/h3-11,14-15H,12-13H2,1-2H3/t14-,15-/m0/s1. The summed E-state index contributed by atoms with van der Waals surface area (Å²) in [4.78, 5) is 4.41. The molecule has 1 aromatic heterocycles. The fraction of sp³-hybridized carbons (Fsp3) is 0.286. The van der Waals surface area contributed by atoms with E-state index in [2.05, 4.69) is 4.98 Å². The molecule has 0 spiro atoms. The first-order valence-corrected chi connectivity index (χ1v) is 11.1. The van der Waals surface area contributed by atoms with E-state index >= 15 is 0 Å². The summed E-state index contributed by atoms with van der Waals surface area (Å²) >= 11 is 6.00. The van der Waals surface area contributed by atoms with Crippen molar-refractivity contribution in [2.24, 2.45) is 0 Å². The van der Waals surface area contributed by atoms with Crippen LogP contribution in [0.15, 0.2) is 64.0 Å². The van der Waals surface area contributed by atoms with E-state index in [1.807, 2.05) is 44.2 Å². The molecule has 1 saturated heterocycles. The van der Waals surface area contributed by atoms with E-state index in [-0.39, 0.29) is 42.0 Å². The summed E-state index contributed by atoms with van der Waals surface area (Å²) < 4.78 is 40.1. The largest absolute Gasteiger partial charge is 0.435 e. The van der Waals surface area contributed by atoms with Crippen LogP contribution in [0.2, 0.25) is 5.02 Å². The van der Waals surface area contributed by atoms with Crippen LogP contribution in [-0.2, 0) is 14.8 Å². The summed E-state index contributed by atoms with van der Waals surface area (Å²) in [6, 6.07) is 16.1. The molecule has 1 fully saturated rings. The van der Waals surface area contributed by atoms with E-state index in [0.29, 0.717) is 16.1 Å². The van der Waals surface area contributed by atoms with Gasteiger partial charge in [-0.15, -0.1) is 0 Å². The Hall–Kier alpha value is -2.19. The summed E-state index contributed by atoms with van der Waals surface area (Å²) in [5.41, 5.74) is 1.30. The first kappa shape index (κ1) is 20.1. The van der Waals surface area contributed by atoms with Crippen LogP contribution in [0.3, 0.4) is 0 Å². The van der Waals surface area contributed by atoms with Gasteiger partial charge >= 0.3 is 0 Å². The zero-order valence-corrected chi connectivity index (χ0v) is 17.7. The van der Waals surface area contributed by atoms with Gasteiger partial charge in [0.25, 0.3) is 10.0 Å². The number of hydrogen-bond donors (Lipinski definition) is 0. The highest BCUT2D eigenvalue weighted by atomic mass is 35.5. The van der Waals surface area contributed by atoms with Gasteiger partial charge in [0.2, 0.25) is 10.9 Å². The Labute approximate surface area is 175 Å². The second kappa shape index (κ2) is 7.91. The number of aromatic nitrogens is 1. The fourth-order valence-corrected chi connectivity index (χ4v) is 5.19. The highest BCUT2D eigenvalue weighted by Crippen LogP contribution is 2.35. The minimum Gasteiger partial charge on any atom is -0.435 e. The predicted molar refractivity (Wildman–Crippen MR) is 111 cm³/mol. The lowest BCUT2D eigenvalue weighted by molar-refractivity contribution is -0.0441. The van der Waals surface area contributed by atoms with E-state index in [9.17, 15) is 8.42 Å². The van der Waals surface area contributed by atoms with Crippen LogP contribution in [0.1, 0.15) is 13.8 Å². The molecule has 0 N–H and O–H groups in total. The molecular formula is C21H21ClN2O4S. The van der Waals surface area contributed by atoms with Gasteiger partial charge in [0.15, 0.2) is 5.76 Å². The van der Waals surface area contributed by atoms with Crippen molar-refractivity contribution in [1.82, 2.24) is 9.29 Å². The van der Waals surface area contributed by atoms with Crippen molar-refractivity contribution in [1.29, 1.82) is 0 Å². The predicted octanol–water partition coefficient (Wildman–Crippen LogP) is 4.46. The molecule has 2 heterocycles. The van der Waals surface area contributed by atoms with Gasteiger partial charge in [-0.05, 0) is 50.2 Å². The Kier molecular flexibility index (Phi) is 5.48. The Bertz CT molecular complexity index is 1090. The number of benzene rings is 2.